The lowest BCUT2D eigenvalue weighted by Crippen LogP contribution is -2.23. The first-order valence-electron chi connectivity index (χ1n) is 8.10. The molecule has 124 valence electrons. The van der Waals surface area contributed by atoms with Crippen LogP contribution in [0.2, 0.25) is 0 Å². The number of pyridine rings is 1. The number of benzene rings is 1. The van der Waals surface area contributed by atoms with Gasteiger partial charge in [-0.2, -0.15) is 5.26 Å². The average Bonchev–Trinajstić information content (AvgIpc) is 2.67. The van der Waals surface area contributed by atoms with Crippen LogP contribution in [0.15, 0.2) is 59.8 Å². The number of aromatic nitrogens is 1. The van der Waals surface area contributed by atoms with E-state index in [1.165, 1.54) is 5.56 Å². The van der Waals surface area contributed by atoms with Gasteiger partial charge in [-0.25, -0.2) is 0 Å². The Balaban J connectivity index is 1.92. The summed E-state index contributed by atoms with van der Waals surface area (Å²) < 4.78 is 11.3. The van der Waals surface area contributed by atoms with E-state index in [2.05, 4.69) is 17.1 Å². The number of hydrogen-bond donors (Lipinski definition) is 1. The highest BCUT2D eigenvalue weighted by molar-refractivity contribution is 5.74. The van der Waals surface area contributed by atoms with E-state index in [0.29, 0.717) is 5.57 Å². The summed E-state index contributed by atoms with van der Waals surface area (Å²) in [5, 5.41) is 9.63. The highest BCUT2D eigenvalue weighted by Gasteiger charge is 2.35. The molecule has 0 saturated carbocycles. The fourth-order valence-electron chi connectivity index (χ4n) is 3.59. The molecule has 0 saturated heterocycles. The van der Waals surface area contributed by atoms with Crippen molar-refractivity contribution >= 4 is 5.76 Å². The largest absolute Gasteiger partial charge is 0.497 e. The fourth-order valence-corrected chi connectivity index (χ4v) is 3.59. The lowest BCUT2D eigenvalue weighted by Gasteiger charge is -2.33. The van der Waals surface area contributed by atoms with E-state index >= 15 is 0 Å². The normalized spacial score (nSPS) is 18.8. The number of hydrogen-bond acceptors (Lipinski definition) is 5. The smallest absolute Gasteiger partial charge is 0.205 e. The van der Waals surface area contributed by atoms with E-state index in [1.807, 2.05) is 24.3 Å². The van der Waals surface area contributed by atoms with Gasteiger partial charge in [-0.1, -0.05) is 6.07 Å². The summed E-state index contributed by atoms with van der Waals surface area (Å²) in [4.78, 5) is 4.08. The second-order valence-electron chi connectivity index (χ2n) is 6.08. The highest BCUT2D eigenvalue weighted by atomic mass is 16.5. The third-order valence-corrected chi connectivity index (χ3v) is 4.79. The zero-order valence-electron chi connectivity index (χ0n) is 13.8. The molecule has 1 unspecified atom stereocenters. The third-order valence-electron chi connectivity index (χ3n) is 4.79. The summed E-state index contributed by atoms with van der Waals surface area (Å²) in [6.07, 6.45) is 5.17. The van der Waals surface area contributed by atoms with Crippen molar-refractivity contribution in [2.75, 3.05) is 7.11 Å². The number of nitrogens with two attached hydrogens (primary N) is 1. The molecule has 2 N–H and O–H groups in total. The van der Waals surface area contributed by atoms with Crippen LogP contribution in [0.5, 0.6) is 5.75 Å². The predicted molar refractivity (Wildman–Crippen MR) is 93.1 cm³/mol. The topological polar surface area (TPSA) is 81.2 Å². The van der Waals surface area contributed by atoms with Crippen molar-refractivity contribution < 1.29 is 9.47 Å². The van der Waals surface area contributed by atoms with Crippen LogP contribution in [0.3, 0.4) is 0 Å². The summed E-state index contributed by atoms with van der Waals surface area (Å²) >= 11 is 0. The molecule has 0 radical (unpaired) electrons. The zero-order chi connectivity index (χ0) is 17.4. The molecule has 4 rings (SSSR count). The average molecular weight is 331 g/mol. The molecule has 1 atom stereocenters. The van der Waals surface area contributed by atoms with Crippen LogP contribution in [0.25, 0.3) is 5.76 Å². The second-order valence-corrected chi connectivity index (χ2v) is 6.08. The molecule has 1 aliphatic heterocycles. The predicted octanol–water partition coefficient (Wildman–Crippen LogP) is 3.26. The molecule has 0 bridgehead atoms. The Kier molecular flexibility index (Phi) is 3.66. The molecule has 5 heteroatoms. The first-order chi connectivity index (χ1) is 12.2. The van der Waals surface area contributed by atoms with Crippen LogP contribution in [0.4, 0.5) is 0 Å². The van der Waals surface area contributed by atoms with Crippen molar-refractivity contribution in [1.29, 1.82) is 5.26 Å². The molecule has 2 aromatic rings. The van der Waals surface area contributed by atoms with E-state index in [1.54, 1.807) is 19.5 Å². The first-order valence-corrected chi connectivity index (χ1v) is 8.10. The molecule has 1 aromatic heterocycles. The molecule has 2 aliphatic rings. The van der Waals surface area contributed by atoms with Gasteiger partial charge >= 0.3 is 0 Å². The Labute approximate surface area is 146 Å². The van der Waals surface area contributed by atoms with Crippen molar-refractivity contribution in [2.24, 2.45) is 5.73 Å². The van der Waals surface area contributed by atoms with Gasteiger partial charge in [0.15, 0.2) is 0 Å². The number of fused-ring (bicyclic) bond motifs is 2. The third kappa shape index (κ3) is 2.43. The monoisotopic (exact) mass is 331 g/mol. The molecular weight excluding hydrogens is 314 g/mol. The molecule has 1 aromatic carbocycles. The van der Waals surface area contributed by atoms with Gasteiger partial charge in [0.05, 0.1) is 7.11 Å². The Morgan fingerprint density at radius 2 is 2.04 bits per heavy atom. The molecule has 0 spiro atoms. The van der Waals surface area contributed by atoms with Gasteiger partial charge in [-0.3, -0.25) is 4.98 Å². The minimum Gasteiger partial charge on any atom is -0.497 e. The lowest BCUT2D eigenvalue weighted by atomic mass is 9.77. The van der Waals surface area contributed by atoms with Crippen molar-refractivity contribution in [3.05, 3.63) is 76.4 Å². The van der Waals surface area contributed by atoms with Gasteiger partial charge in [-0.15, -0.1) is 0 Å². The molecule has 25 heavy (non-hydrogen) atoms. The molecule has 5 nitrogen and oxygen atoms in total. The quantitative estimate of drug-likeness (QED) is 0.913. The number of nitrogens with zero attached hydrogens (tertiary/aromatic N) is 2. The van der Waals surface area contributed by atoms with E-state index < -0.39 is 0 Å². The molecule has 1 aliphatic carbocycles. The number of methoxy groups -OCH3 is 1. The van der Waals surface area contributed by atoms with E-state index in [4.69, 9.17) is 15.2 Å². The van der Waals surface area contributed by atoms with Gasteiger partial charge < -0.3 is 15.2 Å². The summed E-state index contributed by atoms with van der Waals surface area (Å²) in [5.74, 6) is 1.48. The van der Waals surface area contributed by atoms with E-state index in [9.17, 15) is 5.26 Å². The van der Waals surface area contributed by atoms with Crippen LogP contribution in [0.1, 0.15) is 29.0 Å². The maximum atomic E-state index is 9.63. The van der Waals surface area contributed by atoms with Crippen molar-refractivity contribution in [1.82, 2.24) is 4.98 Å². The summed E-state index contributed by atoms with van der Waals surface area (Å²) in [6, 6.07) is 12.1. The van der Waals surface area contributed by atoms with Crippen LogP contribution >= 0.6 is 0 Å². The molecule has 0 amide bonds. The van der Waals surface area contributed by atoms with Gasteiger partial charge in [-0.05, 0) is 53.8 Å². The first kappa shape index (κ1) is 15.3. The van der Waals surface area contributed by atoms with Crippen LogP contribution in [0, 0.1) is 11.3 Å². The van der Waals surface area contributed by atoms with E-state index in [0.717, 1.165) is 41.1 Å². The SMILES string of the molecule is COc1ccc2c(c1)C1=C(CC2)C(c2ccncc2)C(C#N)=C(N)O1. The Bertz CT molecular complexity index is 939. The molecule has 2 heterocycles. The van der Waals surface area contributed by atoms with Gasteiger partial charge in [0.25, 0.3) is 0 Å². The van der Waals surface area contributed by atoms with Crippen LogP contribution in [-0.4, -0.2) is 12.1 Å². The summed E-state index contributed by atoms with van der Waals surface area (Å²) in [5.41, 5.74) is 10.8. The summed E-state index contributed by atoms with van der Waals surface area (Å²) in [6.45, 7) is 0. The lowest BCUT2D eigenvalue weighted by molar-refractivity contribution is 0.349. The van der Waals surface area contributed by atoms with Gasteiger partial charge in [0.1, 0.15) is 23.2 Å². The number of aryl methyl sites for hydroxylation is 1. The van der Waals surface area contributed by atoms with Crippen molar-refractivity contribution in [2.45, 2.75) is 18.8 Å². The minimum absolute atomic E-state index is 0.165. The molecule has 0 fully saturated rings. The second kappa shape index (κ2) is 5.99. The van der Waals surface area contributed by atoms with Gasteiger partial charge in [0, 0.05) is 23.9 Å². The van der Waals surface area contributed by atoms with Crippen LogP contribution in [-0.2, 0) is 11.2 Å². The fraction of sp³-hybridized carbons (Fsp3) is 0.200. The Morgan fingerprint density at radius 3 is 2.76 bits per heavy atom. The summed E-state index contributed by atoms with van der Waals surface area (Å²) in [7, 11) is 1.64. The number of allylic oxidation sites excluding steroid dienone is 2. The maximum absolute atomic E-state index is 9.63. The van der Waals surface area contributed by atoms with Crippen molar-refractivity contribution in [3.8, 4) is 11.8 Å². The van der Waals surface area contributed by atoms with Gasteiger partial charge in [0.2, 0.25) is 5.88 Å². The maximum Gasteiger partial charge on any atom is 0.205 e. The van der Waals surface area contributed by atoms with Crippen LogP contribution < -0.4 is 10.5 Å². The minimum atomic E-state index is -0.198. The van der Waals surface area contributed by atoms with E-state index in [-0.39, 0.29) is 11.8 Å². The number of rotatable bonds is 2. The van der Waals surface area contributed by atoms with Crippen molar-refractivity contribution in [3.63, 3.8) is 0 Å². The highest BCUT2D eigenvalue weighted by Crippen LogP contribution is 2.47. The molecular formula is C20H17N3O2. The zero-order valence-corrected chi connectivity index (χ0v) is 13.8. The number of ether oxygens (including phenoxy) is 2. The Hall–Kier alpha value is -3.26. The number of nitriles is 1. The standard InChI is InChI=1S/C20H17N3O2/c1-24-14-4-2-12-3-5-15-18(13-6-8-23-9-7-13)17(11-21)20(22)25-19(15)16(12)10-14/h2,4,6-10,18H,3,5,22H2,1H3. The Morgan fingerprint density at radius 1 is 1.24 bits per heavy atom.